The summed E-state index contributed by atoms with van der Waals surface area (Å²) in [6.45, 7) is 6.49. The van der Waals surface area contributed by atoms with E-state index in [4.69, 9.17) is 5.73 Å². The predicted octanol–water partition coefficient (Wildman–Crippen LogP) is 2.60. The van der Waals surface area contributed by atoms with Crippen LogP contribution in [0.3, 0.4) is 0 Å². The number of pyridine rings is 1. The molecule has 0 radical (unpaired) electrons. The molecule has 2 N–H and O–H groups in total. The van der Waals surface area contributed by atoms with Crippen LogP contribution in [-0.2, 0) is 0 Å². The molecule has 0 aliphatic carbocycles. The van der Waals surface area contributed by atoms with Gasteiger partial charge >= 0.3 is 0 Å². The van der Waals surface area contributed by atoms with Crippen LogP contribution >= 0.6 is 0 Å². The Morgan fingerprint density at radius 3 is 3.06 bits per heavy atom. The number of rotatable bonds is 3. The van der Waals surface area contributed by atoms with Crippen molar-refractivity contribution in [2.45, 2.75) is 33.1 Å². The average molecular weight is 219 g/mol. The smallest absolute Gasteiger partial charge is 0.152 e. The number of hydrogen-bond acceptors (Lipinski definition) is 3. The van der Waals surface area contributed by atoms with E-state index in [-0.39, 0.29) is 0 Å². The van der Waals surface area contributed by atoms with Gasteiger partial charge in [0.25, 0.3) is 0 Å². The summed E-state index contributed by atoms with van der Waals surface area (Å²) in [5.74, 6) is 1.81. The lowest BCUT2D eigenvalue weighted by Crippen LogP contribution is -2.22. The average Bonchev–Trinajstić information content (AvgIpc) is 2.71. The largest absolute Gasteiger partial charge is 0.396 e. The van der Waals surface area contributed by atoms with Gasteiger partial charge in [-0.15, -0.1) is 0 Å². The number of nitrogens with two attached hydrogens (primary N) is 1. The van der Waals surface area contributed by atoms with E-state index in [0.717, 1.165) is 36.2 Å². The van der Waals surface area contributed by atoms with Crippen LogP contribution in [0.4, 0.5) is 11.5 Å². The molecule has 2 heterocycles. The second kappa shape index (κ2) is 4.73. The fourth-order valence-electron chi connectivity index (χ4n) is 2.48. The zero-order valence-electron chi connectivity index (χ0n) is 10.2. The normalized spacial score (nSPS) is 20.4. The summed E-state index contributed by atoms with van der Waals surface area (Å²) in [4.78, 5) is 6.89. The number of nitrogens with zero attached hydrogens (tertiary/aromatic N) is 2. The fourth-order valence-corrected chi connectivity index (χ4v) is 2.48. The third-order valence-corrected chi connectivity index (χ3v) is 3.33. The molecular formula is C13H21N3. The molecule has 1 fully saturated rings. The minimum Gasteiger partial charge on any atom is -0.396 e. The molecule has 1 saturated heterocycles. The van der Waals surface area contributed by atoms with E-state index >= 15 is 0 Å². The van der Waals surface area contributed by atoms with Gasteiger partial charge in [0.1, 0.15) is 0 Å². The van der Waals surface area contributed by atoms with Crippen molar-refractivity contribution in [3.63, 3.8) is 0 Å². The van der Waals surface area contributed by atoms with Crippen LogP contribution in [0.2, 0.25) is 0 Å². The van der Waals surface area contributed by atoms with Gasteiger partial charge in [0.05, 0.1) is 5.69 Å². The van der Waals surface area contributed by atoms with Crippen LogP contribution in [0.25, 0.3) is 0 Å². The Kier molecular flexibility index (Phi) is 3.32. The zero-order chi connectivity index (χ0) is 11.5. The number of aryl methyl sites for hydroxylation is 1. The first-order valence-corrected chi connectivity index (χ1v) is 6.18. The molecule has 88 valence electrons. The lowest BCUT2D eigenvalue weighted by molar-refractivity contribution is 0.529. The van der Waals surface area contributed by atoms with Crippen LogP contribution in [0, 0.1) is 12.8 Å². The molecule has 1 atom stereocenters. The number of aromatic nitrogens is 1. The van der Waals surface area contributed by atoms with Crippen LogP contribution in [0.5, 0.6) is 0 Å². The molecule has 1 aliphatic heterocycles. The van der Waals surface area contributed by atoms with Crippen molar-refractivity contribution >= 4 is 11.5 Å². The maximum absolute atomic E-state index is 5.98. The molecule has 1 aliphatic rings. The summed E-state index contributed by atoms with van der Waals surface area (Å²) in [7, 11) is 0. The molecule has 1 unspecified atom stereocenters. The Bertz CT molecular complexity index is 362. The van der Waals surface area contributed by atoms with E-state index < -0.39 is 0 Å². The van der Waals surface area contributed by atoms with Gasteiger partial charge in [-0.1, -0.05) is 13.3 Å². The first-order valence-electron chi connectivity index (χ1n) is 6.18. The third kappa shape index (κ3) is 2.29. The third-order valence-electron chi connectivity index (χ3n) is 3.33. The van der Waals surface area contributed by atoms with Gasteiger partial charge in [-0.2, -0.15) is 0 Å². The highest BCUT2D eigenvalue weighted by molar-refractivity contribution is 5.63. The SMILES string of the molecule is CCCC1CCN(c2nc(C)ccc2N)C1. The first kappa shape index (κ1) is 11.2. The molecule has 0 spiro atoms. The quantitative estimate of drug-likeness (QED) is 0.849. The van der Waals surface area contributed by atoms with Gasteiger partial charge in [-0.25, -0.2) is 4.98 Å². The van der Waals surface area contributed by atoms with Crippen molar-refractivity contribution in [1.82, 2.24) is 4.98 Å². The molecule has 0 bridgehead atoms. The molecule has 0 aromatic carbocycles. The highest BCUT2D eigenvalue weighted by atomic mass is 15.2. The summed E-state index contributed by atoms with van der Waals surface area (Å²) in [5.41, 5.74) is 7.84. The maximum Gasteiger partial charge on any atom is 0.152 e. The van der Waals surface area contributed by atoms with Gasteiger partial charge in [0.15, 0.2) is 5.82 Å². The monoisotopic (exact) mass is 219 g/mol. The standard InChI is InChI=1S/C13H21N3/c1-3-4-11-7-8-16(9-11)13-12(14)6-5-10(2)15-13/h5-6,11H,3-4,7-9,14H2,1-2H3. The Labute approximate surface area is 97.7 Å². The summed E-state index contributed by atoms with van der Waals surface area (Å²) in [6, 6.07) is 3.93. The maximum atomic E-state index is 5.98. The molecule has 3 nitrogen and oxygen atoms in total. The Morgan fingerprint density at radius 2 is 2.31 bits per heavy atom. The predicted molar refractivity (Wildman–Crippen MR) is 68.6 cm³/mol. The van der Waals surface area contributed by atoms with Crippen LogP contribution < -0.4 is 10.6 Å². The van der Waals surface area contributed by atoms with Crippen molar-refractivity contribution in [3.8, 4) is 0 Å². The van der Waals surface area contributed by atoms with Crippen LogP contribution in [0.15, 0.2) is 12.1 Å². The zero-order valence-corrected chi connectivity index (χ0v) is 10.2. The number of hydrogen-bond donors (Lipinski definition) is 1. The molecule has 1 aromatic rings. The van der Waals surface area contributed by atoms with Crippen molar-refractivity contribution in [1.29, 1.82) is 0 Å². The van der Waals surface area contributed by atoms with E-state index in [0.29, 0.717) is 0 Å². The number of nitrogen functional groups attached to an aromatic ring is 1. The van der Waals surface area contributed by atoms with Gasteiger partial charge in [-0.3, -0.25) is 0 Å². The molecule has 2 rings (SSSR count). The highest BCUT2D eigenvalue weighted by Gasteiger charge is 2.23. The highest BCUT2D eigenvalue weighted by Crippen LogP contribution is 2.28. The molecule has 0 amide bonds. The van der Waals surface area contributed by atoms with E-state index in [1.165, 1.54) is 19.3 Å². The van der Waals surface area contributed by atoms with Gasteiger partial charge in [0, 0.05) is 18.8 Å². The molecule has 3 heteroatoms. The van der Waals surface area contributed by atoms with Crippen molar-refractivity contribution in [3.05, 3.63) is 17.8 Å². The second-order valence-corrected chi connectivity index (χ2v) is 4.75. The minimum absolute atomic E-state index is 0.808. The molecular weight excluding hydrogens is 198 g/mol. The topological polar surface area (TPSA) is 42.2 Å². The van der Waals surface area contributed by atoms with Gasteiger partial charge in [0.2, 0.25) is 0 Å². The van der Waals surface area contributed by atoms with Crippen molar-refractivity contribution < 1.29 is 0 Å². The Morgan fingerprint density at radius 1 is 1.50 bits per heavy atom. The Balaban J connectivity index is 2.11. The molecule has 1 aromatic heterocycles. The molecule has 0 saturated carbocycles. The van der Waals surface area contributed by atoms with E-state index in [1.807, 2.05) is 19.1 Å². The van der Waals surface area contributed by atoms with E-state index in [1.54, 1.807) is 0 Å². The summed E-state index contributed by atoms with van der Waals surface area (Å²) < 4.78 is 0. The second-order valence-electron chi connectivity index (χ2n) is 4.75. The van der Waals surface area contributed by atoms with Crippen molar-refractivity contribution in [2.24, 2.45) is 5.92 Å². The summed E-state index contributed by atoms with van der Waals surface area (Å²) in [5, 5.41) is 0. The minimum atomic E-state index is 0.808. The Hall–Kier alpha value is -1.25. The molecule has 16 heavy (non-hydrogen) atoms. The summed E-state index contributed by atoms with van der Waals surface area (Å²) >= 11 is 0. The van der Waals surface area contributed by atoms with Gasteiger partial charge in [-0.05, 0) is 37.8 Å². The fraction of sp³-hybridized carbons (Fsp3) is 0.615. The van der Waals surface area contributed by atoms with Crippen LogP contribution in [-0.4, -0.2) is 18.1 Å². The number of anilines is 2. The van der Waals surface area contributed by atoms with Crippen molar-refractivity contribution in [2.75, 3.05) is 23.7 Å². The van der Waals surface area contributed by atoms with Crippen LogP contribution in [0.1, 0.15) is 31.9 Å². The first-order chi connectivity index (χ1) is 7.70. The summed E-state index contributed by atoms with van der Waals surface area (Å²) in [6.07, 6.45) is 3.88. The lowest BCUT2D eigenvalue weighted by Gasteiger charge is -2.19. The van der Waals surface area contributed by atoms with Gasteiger partial charge < -0.3 is 10.6 Å². The lowest BCUT2D eigenvalue weighted by atomic mass is 10.0. The van der Waals surface area contributed by atoms with E-state index in [9.17, 15) is 0 Å². The van der Waals surface area contributed by atoms with E-state index in [2.05, 4.69) is 16.8 Å².